The van der Waals surface area contributed by atoms with Crippen molar-refractivity contribution in [2.75, 3.05) is 25.2 Å². The number of hydrogen-bond donors (Lipinski definition) is 1. The quantitative estimate of drug-likeness (QED) is 0.750. The van der Waals surface area contributed by atoms with Crippen molar-refractivity contribution in [3.8, 4) is 0 Å². The Hall–Kier alpha value is -0.130. The lowest BCUT2D eigenvalue weighted by Crippen LogP contribution is -2.37. The summed E-state index contributed by atoms with van der Waals surface area (Å²) in [5.41, 5.74) is 0. The molecular formula is C12H25NO3S. The van der Waals surface area contributed by atoms with Crippen molar-refractivity contribution in [2.45, 2.75) is 45.3 Å². The maximum atomic E-state index is 11.1. The zero-order valence-corrected chi connectivity index (χ0v) is 11.9. The molecule has 3 atom stereocenters. The summed E-state index contributed by atoms with van der Waals surface area (Å²) in [6.45, 7) is 5.91. The van der Waals surface area contributed by atoms with Crippen LogP contribution in [0.4, 0.5) is 0 Å². The fourth-order valence-electron chi connectivity index (χ4n) is 2.46. The summed E-state index contributed by atoms with van der Waals surface area (Å²) in [7, 11) is -2.83. The van der Waals surface area contributed by atoms with E-state index in [-0.39, 0.29) is 5.75 Å². The van der Waals surface area contributed by atoms with E-state index in [0.717, 1.165) is 32.4 Å². The summed E-state index contributed by atoms with van der Waals surface area (Å²) >= 11 is 0. The van der Waals surface area contributed by atoms with Crippen LogP contribution in [0.25, 0.3) is 0 Å². The Balaban J connectivity index is 2.38. The first-order chi connectivity index (χ1) is 7.92. The molecule has 0 aromatic heterocycles. The van der Waals surface area contributed by atoms with Crippen LogP contribution in [-0.2, 0) is 14.6 Å². The van der Waals surface area contributed by atoms with Gasteiger partial charge in [0.1, 0.15) is 9.84 Å². The fraction of sp³-hybridized carbons (Fsp3) is 1.00. The second-order valence-corrected chi connectivity index (χ2v) is 7.34. The predicted molar refractivity (Wildman–Crippen MR) is 69.9 cm³/mol. The number of hydrogen-bond acceptors (Lipinski definition) is 4. The van der Waals surface area contributed by atoms with Crippen LogP contribution in [0.2, 0.25) is 0 Å². The van der Waals surface area contributed by atoms with Crippen LogP contribution in [0, 0.1) is 5.92 Å². The van der Waals surface area contributed by atoms with E-state index >= 15 is 0 Å². The fourth-order valence-corrected chi connectivity index (χ4v) is 3.15. The van der Waals surface area contributed by atoms with E-state index in [1.54, 1.807) is 0 Å². The molecule has 0 spiro atoms. The molecule has 1 saturated heterocycles. The lowest BCUT2D eigenvalue weighted by atomic mass is 9.93. The molecule has 0 aromatic carbocycles. The number of rotatable bonds is 7. The zero-order chi connectivity index (χ0) is 12.9. The van der Waals surface area contributed by atoms with Crippen molar-refractivity contribution in [2.24, 2.45) is 5.92 Å². The van der Waals surface area contributed by atoms with Crippen molar-refractivity contribution in [3.05, 3.63) is 0 Å². The highest BCUT2D eigenvalue weighted by molar-refractivity contribution is 7.90. The summed E-state index contributed by atoms with van der Waals surface area (Å²) < 4.78 is 27.8. The van der Waals surface area contributed by atoms with Gasteiger partial charge in [0.2, 0.25) is 0 Å². The second kappa shape index (κ2) is 6.71. The van der Waals surface area contributed by atoms with E-state index in [1.165, 1.54) is 6.26 Å². The lowest BCUT2D eigenvalue weighted by molar-refractivity contribution is 0.116. The van der Waals surface area contributed by atoms with Gasteiger partial charge in [-0.2, -0.15) is 0 Å². The van der Waals surface area contributed by atoms with Crippen LogP contribution >= 0.6 is 0 Å². The van der Waals surface area contributed by atoms with Crippen molar-refractivity contribution in [1.82, 2.24) is 5.32 Å². The van der Waals surface area contributed by atoms with Gasteiger partial charge < -0.3 is 10.1 Å². The van der Waals surface area contributed by atoms with E-state index in [1.807, 2.05) is 0 Å². The SMILES string of the molecule is CCNC(CCCS(C)(=O)=O)C1COC(C)C1. The first-order valence-corrected chi connectivity index (χ1v) is 8.51. The largest absolute Gasteiger partial charge is 0.378 e. The smallest absolute Gasteiger partial charge is 0.147 e. The molecule has 4 nitrogen and oxygen atoms in total. The van der Waals surface area contributed by atoms with E-state index in [2.05, 4.69) is 19.2 Å². The molecule has 3 unspecified atom stereocenters. The molecule has 1 aliphatic rings. The Labute approximate surface area is 105 Å². The standard InChI is InChI=1S/C12H25NO3S/c1-4-13-12(6-5-7-17(3,14)15)11-8-10(2)16-9-11/h10-13H,4-9H2,1-3H3. The monoisotopic (exact) mass is 263 g/mol. The molecule has 102 valence electrons. The van der Waals surface area contributed by atoms with Crippen molar-refractivity contribution < 1.29 is 13.2 Å². The normalized spacial score (nSPS) is 27.2. The minimum Gasteiger partial charge on any atom is -0.378 e. The Bertz CT molecular complexity index is 316. The molecule has 0 amide bonds. The van der Waals surface area contributed by atoms with Crippen LogP contribution in [0.15, 0.2) is 0 Å². The molecule has 5 heteroatoms. The Morgan fingerprint density at radius 2 is 2.18 bits per heavy atom. The van der Waals surface area contributed by atoms with Gasteiger partial charge in [-0.15, -0.1) is 0 Å². The van der Waals surface area contributed by atoms with E-state index < -0.39 is 9.84 Å². The molecule has 1 aliphatic heterocycles. The van der Waals surface area contributed by atoms with E-state index in [4.69, 9.17) is 4.74 Å². The predicted octanol–water partition coefficient (Wildman–Crippen LogP) is 1.21. The van der Waals surface area contributed by atoms with Gasteiger partial charge in [0.15, 0.2) is 0 Å². The first-order valence-electron chi connectivity index (χ1n) is 6.45. The van der Waals surface area contributed by atoms with Crippen molar-refractivity contribution in [3.63, 3.8) is 0 Å². The third-order valence-electron chi connectivity index (χ3n) is 3.30. The Morgan fingerprint density at radius 1 is 1.47 bits per heavy atom. The summed E-state index contributed by atoms with van der Waals surface area (Å²) in [4.78, 5) is 0. The van der Waals surface area contributed by atoms with Crippen LogP contribution < -0.4 is 5.32 Å². The Kier molecular flexibility index (Phi) is 5.89. The molecule has 1 N–H and O–H groups in total. The maximum absolute atomic E-state index is 11.1. The van der Waals surface area contributed by atoms with Crippen LogP contribution in [0.5, 0.6) is 0 Å². The first kappa shape index (κ1) is 14.9. The molecule has 0 bridgehead atoms. The molecule has 17 heavy (non-hydrogen) atoms. The van der Waals surface area contributed by atoms with Gasteiger partial charge in [-0.3, -0.25) is 0 Å². The summed E-state index contributed by atoms with van der Waals surface area (Å²) in [6, 6.07) is 0.395. The van der Waals surface area contributed by atoms with Crippen LogP contribution in [0.1, 0.15) is 33.1 Å². The van der Waals surface area contributed by atoms with Gasteiger partial charge in [0.25, 0.3) is 0 Å². The summed E-state index contributed by atoms with van der Waals surface area (Å²) in [6.07, 6.45) is 4.38. The van der Waals surface area contributed by atoms with Gasteiger partial charge in [0.05, 0.1) is 12.7 Å². The molecule has 0 aliphatic carbocycles. The van der Waals surface area contributed by atoms with Crippen LogP contribution in [0.3, 0.4) is 0 Å². The summed E-state index contributed by atoms with van der Waals surface area (Å²) in [5.74, 6) is 0.822. The highest BCUT2D eigenvalue weighted by Gasteiger charge is 2.28. The van der Waals surface area contributed by atoms with Gasteiger partial charge in [-0.05, 0) is 32.7 Å². The van der Waals surface area contributed by atoms with Gasteiger partial charge >= 0.3 is 0 Å². The number of ether oxygens (including phenoxy) is 1. The van der Waals surface area contributed by atoms with E-state index in [9.17, 15) is 8.42 Å². The highest BCUT2D eigenvalue weighted by Crippen LogP contribution is 2.24. The Morgan fingerprint density at radius 3 is 2.65 bits per heavy atom. The van der Waals surface area contributed by atoms with Crippen LogP contribution in [-0.4, -0.2) is 45.7 Å². The molecule has 0 saturated carbocycles. The molecule has 0 radical (unpaired) electrons. The topological polar surface area (TPSA) is 55.4 Å². The average Bonchev–Trinajstić information content (AvgIpc) is 2.62. The number of sulfone groups is 1. The minimum atomic E-state index is -2.83. The average molecular weight is 263 g/mol. The third-order valence-corrected chi connectivity index (χ3v) is 4.33. The van der Waals surface area contributed by atoms with Gasteiger partial charge in [-0.25, -0.2) is 8.42 Å². The lowest BCUT2D eigenvalue weighted by Gasteiger charge is -2.23. The minimum absolute atomic E-state index is 0.290. The van der Waals surface area contributed by atoms with E-state index in [0.29, 0.717) is 18.1 Å². The third kappa shape index (κ3) is 5.84. The van der Waals surface area contributed by atoms with Gasteiger partial charge in [-0.1, -0.05) is 6.92 Å². The van der Waals surface area contributed by atoms with Crippen molar-refractivity contribution in [1.29, 1.82) is 0 Å². The molecule has 0 aromatic rings. The number of nitrogens with one attached hydrogen (secondary N) is 1. The van der Waals surface area contributed by atoms with Gasteiger partial charge in [0, 0.05) is 24.0 Å². The molecule has 1 rings (SSSR count). The summed E-state index contributed by atoms with van der Waals surface area (Å²) in [5, 5.41) is 3.46. The molecule has 1 heterocycles. The second-order valence-electron chi connectivity index (χ2n) is 5.08. The molecular weight excluding hydrogens is 238 g/mol. The highest BCUT2D eigenvalue weighted by atomic mass is 32.2. The van der Waals surface area contributed by atoms with Crippen molar-refractivity contribution >= 4 is 9.84 Å². The zero-order valence-electron chi connectivity index (χ0n) is 11.1. The maximum Gasteiger partial charge on any atom is 0.147 e. The molecule has 1 fully saturated rings.